The zero-order valence-corrected chi connectivity index (χ0v) is 9.92. The van der Waals surface area contributed by atoms with Crippen molar-refractivity contribution in [3.05, 3.63) is 42.6 Å². The van der Waals surface area contributed by atoms with E-state index in [-0.39, 0.29) is 4.90 Å². The van der Waals surface area contributed by atoms with E-state index in [4.69, 9.17) is 4.55 Å². The fraction of sp³-hybridized carbons (Fsp3) is 0. The maximum absolute atomic E-state index is 11.2. The van der Waals surface area contributed by atoms with Gasteiger partial charge in [0.1, 0.15) is 0 Å². The van der Waals surface area contributed by atoms with Crippen molar-refractivity contribution < 1.29 is 13.0 Å². The Hall–Kier alpha value is -2.05. The third-order valence-electron chi connectivity index (χ3n) is 2.77. The topological polar surface area (TPSA) is 80.2 Å². The first-order valence-electron chi connectivity index (χ1n) is 5.17. The third kappa shape index (κ3) is 1.71. The molecule has 1 aromatic carbocycles. The molecule has 0 radical (unpaired) electrons. The van der Waals surface area contributed by atoms with Crippen molar-refractivity contribution in [3.8, 4) is 11.3 Å². The Morgan fingerprint density at radius 1 is 1.11 bits per heavy atom. The summed E-state index contributed by atoms with van der Waals surface area (Å²) in [6.07, 6.45) is 1.57. The molecule has 0 fully saturated rings. The number of fused-ring (bicyclic) bond motifs is 3. The summed E-state index contributed by atoms with van der Waals surface area (Å²) in [6, 6.07) is 9.92. The molecule has 0 bridgehead atoms. The van der Waals surface area contributed by atoms with Gasteiger partial charge < -0.3 is 0 Å². The second kappa shape index (κ2) is 3.72. The van der Waals surface area contributed by atoms with Crippen LogP contribution in [-0.2, 0) is 10.1 Å². The molecule has 1 heterocycles. The SMILES string of the molecule is O=S(=O)(O)c1ccc2cccc3nncc-3c2c1. The average molecular weight is 260 g/mol. The molecular formula is C12H8N2O3S. The Morgan fingerprint density at radius 2 is 1.94 bits per heavy atom. The molecule has 2 aliphatic rings. The summed E-state index contributed by atoms with van der Waals surface area (Å²) < 4.78 is 31.4. The predicted molar refractivity (Wildman–Crippen MR) is 66.0 cm³/mol. The molecule has 0 unspecified atom stereocenters. The Labute approximate surface area is 103 Å². The standard InChI is InChI=1S/C12H8N2O3S/c15-18(16,17)9-5-4-8-2-1-3-12-11(7-13-14-12)10(8)6-9/h1-7H,(H,15,16,17). The summed E-state index contributed by atoms with van der Waals surface area (Å²) in [5.41, 5.74) is 1.43. The van der Waals surface area contributed by atoms with Crippen molar-refractivity contribution in [2.45, 2.75) is 4.90 Å². The lowest BCUT2D eigenvalue weighted by Crippen LogP contribution is -1.97. The van der Waals surface area contributed by atoms with E-state index in [1.54, 1.807) is 18.3 Å². The second-order valence-electron chi connectivity index (χ2n) is 3.89. The predicted octanol–water partition coefficient (Wildman–Crippen LogP) is 1.98. The van der Waals surface area contributed by atoms with Gasteiger partial charge in [-0.05, 0) is 29.0 Å². The Balaban J connectivity index is 2.45. The van der Waals surface area contributed by atoms with E-state index in [0.29, 0.717) is 11.1 Å². The largest absolute Gasteiger partial charge is 0.294 e. The molecule has 6 heteroatoms. The highest BCUT2D eigenvalue weighted by Crippen LogP contribution is 2.28. The molecule has 0 spiro atoms. The summed E-state index contributed by atoms with van der Waals surface area (Å²) in [4.78, 5) is -0.135. The highest BCUT2D eigenvalue weighted by molar-refractivity contribution is 7.85. The van der Waals surface area contributed by atoms with Crippen LogP contribution in [0.4, 0.5) is 0 Å². The van der Waals surface area contributed by atoms with Crippen LogP contribution in [0.15, 0.2) is 47.5 Å². The van der Waals surface area contributed by atoms with Gasteiger partial charge in [0.2, 0.25) is 0 Å². The van der Waals surface area contributed by atoms with E-state index in [2.05, 4.69) is 10.2 Å². The highest BCUT2D eigenvalue weighted by Gasteiger charge is 2.13. The van der Waals surface area contributed by atoms with E-state index in [0.717, 1.165) is 10.9 Å². The molecular weight excluding hydrogens is 252 g/mol. The molecule has 1 N–H and O–H groups in total. The lowest BCUT2D eigenvalue weighted by Gasteiger charge is -2.00. The maximum atomic E-state index is 11.2. The number of rotatable bonds is 1. The number of nitrogens with zero attached hydrogens (tertiary/aromatic N) is 2. The number of hydrogen-bond acceptors (Lipinski definition) is 4. The van der Waals surface area contributed by atoms with Crippen molar-refractivity contribution >= 4 is 20.9 Å². The van der Waals surface area contributed by atoms with E-state index >= 15 is 0 Å². The molecule has 0 amide bonds. The first-order chi connectivity index (χ1) is 8.55. The summed E-state index contributed by atoms with van der Waals surface area (Å²) >= 11 is 0. The third-order valence-corrected chi connectivity index (χ3v) is 3.62. The fourth-order valence-electron chi connectivity index (χ4n) is 1.92. The number of aromatic nitrogens is 2. The van der Waals surface area contributed by atoms with E-state index in [1.807, 2.05) is 12.1 Å². The Kier molecular flexibility index (Phi) is 2.29. The molecule has 0 aromatic heterocycles. The summed E-state index contributed by atoms with van der Waals surface area (Å²) in [5, 5.41) is 9.29. The highest BCUT2D eigenvalue weighted by atomic mass is 32.2. The number of benzene rings is 1. The summed E-state index contributed by atoms with van der Waals surface area (Å²) in [6.45, 7) is 0. The van der Waals surface area contributed by atoms with Crippen LogP contribution in [0.2, 0.25) is 0 Å². The van der Waals surface area contributed by atoms with Gasteiger partial charge in [0.25, 0.3) is 10.1 Å². The van der Waals surface area contributed by atoms with Crippen LogP contribution < -0.4 is 0 Å². The van der Waals surface area contributed by atoms with Crippen LogP contribution in [0.1, 0.15) is 0 Å². The van der Waals surface area contributed by atoms with Gasteiger partial charge >= 0.3 is 0 Å². The van der Waals surface area contributed by atoms with Crippen molar-refractivity contribution in [2.75, 3.05) is 0 Å². The zero-order chi connectivity index (χ0) is 12.8. The van der Waals surface area contributed by atoms with Crippen LogP contribution >= 0.6 is 0 Å². The molecule has 1 aliphatic carbocycles. The fourth-order valence-corrected chi connectivity index (χ4v) is 2.42. The Morgan fingerprint density at radius 3 is 2.72 bits per heavy atom. The molecule has 1 aliphatic heterocycles. The molecule has 18 heavy (non-hydrogen) atoms. The van der Waals surface area contributed by atoms with Crippen molar-refractivity contribution in [1.82, 2.24) is 10.2 Å². The molecule has 0 atom stereocenters. The first kappa shape index (κ1) is 11.1. The number of hydrogen-bond donors (Lipinski definition) is 1. The van der Waals surface area contributed by atoms with Gasteiger partial charge in [0.05, 0.1) is 16.8 Å². The van der Waals surface area contributed by atoms with Gasteiger partial charge in [-0.25, -0.2) is 0 Å². The quantitative estimate of drug-likeness (QED) is 0.677. The van der Waals surface area contributed by atoms with Crippen LogP contribution in [0.25, 0.3) is 22.0 Å². The van der Waals surface area contributed by atoms with Gasteiger partial charge in [-0.3, -0.25) is 4.55 Å². The molecule has 1 aromatic rings. The van der Waals surface area contributed by atoms with E-state index in [9.17, 15) is 8.42 Å². The minimum absolute atomic E-state index is 0.135. The normalized spacial score (nSPS) is 12.1. The summed E-state index contributed by atoms with van der Waals surface area (Å²) in [7, 11) is -4.21. The van der Waals surface area contributed by atoms with Crippen molar-refractivity contribution in [1.29, 1.82) is 0 Å². The lowest BCUT2D eigenvalue weighted by atomic mass is 10.1. The molecule has 0 saturated heterocycles. The molecule has 90 valence electrons. The minimum Gasteiger partial charge on any atom is -0.282 e. The van der Waals surface area contributed by atoms with Crippen molar-refractivity contribution in [2.24, 2.45) is 0 Å². The van der Waals surface area contributed by atoms with Gasteiger partial charge in [-0.2, -0.15) is 18.6 Å². The van der Waals surface area contributed by atoms with E-state index < -0.39 is 10.1 Å². The average Bonchev–Trinajstić information content (AvgIpc) is 2.70. The Bertz CT molecular complexity index is 815. The van der Waals surface area contributed by atoms with E-state index in [1.165, 1.54) is 12.1 Å². The monoisotopic (exact) mass is 260 g/mol. The van der Waals surface area contributed by atoms with Gasteiger partial charge in [0.15, 0.2) is 0 Å². The minimum atomic E-state index is -4.21. The van der Waals surface area contributed by atoms with Gasteiger partial charge in [-0.1, -0.05) is 18.2 Å². The van der Waals surface area contributed by atoms with Crippen molar-refractivity contribution in [3.63, 3.8) is 0 Å². The van der Waals surface area contributed by atoms with Gasteiger partial charge in [-0.15, -0.1) is 0 Å². The smallest absolute Gasteiger partial charge is 0.282 e. The second-order valence-corrected chi connectivity index (χ2v) is 5.31. The first-order valence-corrected chi connectivity index (χ1v) is 6.61. The van der Waals surface area contributed by atoms with Crippen LogP contribution in [0.3, 0.4) is 0 Å². The van der Waals surface area contributed by atoms with Crippen LogP contribution in [-0.4, -0.2) is 23.2 Å². The molecule has 3 rings (SSSR count). The zero-order valence-electron chi connectivity index (χ0n) is 9.11. The van der Waals surface area contributed by atoms with Crippen LogP contribution in [0.5, 0.6) is 0 Å². The summed E-state index contributed by atoms with van der Waals surface area (Å²) in [5.74, 6) is 0. The molecule has 0 saturated carbocycles. The van der Waals surface area contributed by atoms with Crippen LogP contribution in [0, 0.1) is 0 Å². The van der Waals surface area contributed by atoms with Gasteiger partial charge in [0, 0.05) is 5.56 Å². The maximum Gasteiger partial charge on any atom is 0.294 e. The molecule has 5 nitrogen and oxygen atoms in total. The lowest BCUT2D eigenvalue weighted by molar-refractivity contribution is 0.483.